The van der Waals surface area contributed by atoms with Crippen LogP contribution in [-0.4, -0.2) is 5.16 Å². The molecule has 0 saturated carbocycles. The van der Waals surface area contributed by atoms with Gasteiger partial charge in [-0.05, 0) is 41.0 Å². The smallest absolute Gasteiger partial charge is 0.150 e. The first-order chi connectivity index (χ1) is 9.72. The van der Waals surface area contributed by atoms with Gasteiger partial charge >= 0.3 is 0 Å². The SMILES string of the molecule is C=Cc1ccc(C=Cc2ccc(N=C=S)c(F)c2)cc1. The van der Waals surface area contributed by atoms with E-state index in [9.17, 15) is 4.39 Å². The summed E-state index contributed by atoms with van der Waals surface area (Å²) in [5.74, 6) is -0.411. The number of benzene rings is 2. The molecule has 0 fully saturated rings. The first-order valence-electron chi connectivity index (χ1n) is 6.01. The summed E-state index contributed by atoms with van der Waals surface area (Å²) in [5, 5.41) is 2.16. The quantitative estimate of drug-likeness (QED) is 0.417. The number of halogens is 1. The van der Waals surface area contributed by atoms with Crippen molar-refractivity contribution in [3.05, 3.63) is 71.6 Å². The van der Waals surface area contributed by atoms with E-state index in [1.165, 1.54) is 6.07 Å². The van der Waals surface area contributed by atoms with E-state index < -0.39 is 5.82 Å². The molecule has 0 N–H and O–H groups in total. The summed E-state index contributed by atoms with van der Waals surface area (Å²) in [7, 11) is 0. The molecule has 1 nitrogen and oxygen atoms in total. The van der Waals surface area contributed by atoms with Crippen molar-refractivity contribution in [1.29, 1.82) is 0 Å². The van der Waals surface area contributed by atoms with Crippen LogP contribution in [0.2, 0.25) is 0 Å². The van der Waals surface area contributed by atoms with Gasteiger partial charge in [0.1, 0.15) is 11.5 Å². The predicted octanol–water partition coefficient (Wildman–Crippen LogP) is 5.37. The molecule has 0 aliphatic heterocycles. The zero-order valence-corrected chi connectivity index (χ0v) is 11.5. The molecule has 2 rings (SSSR count). The Labute approximate surface area is 122 Å². The summed E-state index contributed by atoms with van der Waals surface area (Å²) in [5.41, 5.74) is 3.07. The minimum absolute atomic E-state index is 0.201. The van der Waals surface area contributed by atoms with Crippen LogP contribution in [0.5, 0.6) is 0 Å². The fourth-order valence-corrected chi connectivity index (χ4v) is 1.80. The lowest BCUT2D eigenvalue weighted by molar-refractivity contribution is 0.630. The Morgan fingerprint density at radius 2 is 1.60 bits per heavy atom. The topological polar surface area (TPSA) is 12.4 Å². The lowest BCUT2D eigenvalue weighted by atomic mass is 10.1. The monoisotopic (exact) mass is 281 g/mol. The van der Waals surface area contributed by atoms with Crippen LogP contribution in [0.3, 0.4) is 0 Å². The standard InChI is InChI=1S/C17H12FNS/c1-2-13-3-5-14(6-4-13)7-8-15-9-10-17(19-12-20)16(18)11-15/h2-11H,1H2. The maximum atomic E-state index is 13.6. The third kappa shape index (κ3) is 3.58. The van der Waals surface area contributed by atoms with Gasteiger partial charge in [-0.25, -0.2) is 4.39 Å². The van der Waals surface area contributed by atoms with E-state index in [4.69, 9.17) is 0 Å². The van der Waals surface area contributed by atoms with Gasteiger partial charge in [-0.3, -0.25) is 0 Å². The molecule has 3 heteroatoms. The van der Waals surface area contributed by atoms with Gasteiger partial charge in [-0.1, -0.05) is 55.1 Å². The van der Waals surface area contributed by atoms with Gasteiger partial charge < -0.3 is 0 Å². The van der Waals surface area contributed by atoms with Crippen LogP contribution < -0.4 is 0 Å². The van der Waals surface area contributed by atoms with Gasteiger partial charge in [-0.2, -0.15) is 4.99 Å². The van der Waals surface area contributed by atoms with Gasteiger partial charge in [0, 0.05) is 0 Å². The summed E-state index contributed by atoms with van der Waals surface area (Å²) < 4.78 is 13.6. The molecule has 0 amide bonds. The Kier molecular flexibility index (Phi) is 4.72. The first-order valence-corrected chi connectivity index (χ1v) is 6.42. The molecule has 0 heterocycles. The van der Waals surface area contributed by atoms with Crippen LogP contribution in [0.1, 0.15) is 16.7 Å². The second-order valence-corrected chi connectivity index (χ2v) is 4.30. The van der Waals surface area contributed by atoms with Gasteiger partial charge in [-0.15, -0.1) is 0 Å². The third-order valence-corrected chi connectivity index (χ3v) is 2.87. The zero-order valence-electron chi connectivity index (χ0n) is 10.7. The maximum Gasteiger partial charge on any atom is 0.150 e. The van der Waals surface area contributed by atoms with Crippen molar-refractivity contribution in [2.24, 2.45) is 4.99 Å². The summed E-state index contributed by atoms with van der Waals surface area (Å²) in [6, 6.07) is 12.7. The van der Waals surface area contributed by atoms with Crippen molar-refractivity contribution < 1.29 is 4.39 Å². The largest absolute Gasteiger partial charge is 0.205 e. The molecule has 0 spiro atoms. The average Bonchev–Trinajstić information content (AvgIpc) is 2.48. The Morgan fingerprint density at radius 3 is 2.20 bits per heavy atom. The molecule has 0 bridgehead atoms. The minimum Gasteiger partial charge on any atom is -0.205 e. The highest BCUT2D eigenvalue weighted by Gasteiger charge is 2.00. The second-order valence-electron chi connectivity index (χ2n) is 4.12. The fourth-order valence-electron chi connectivity index (χ4n) is 1.70. The minimum atomic E-state index is -0.411. The number of rotatable bonds is 4. The lowest BCUT2D eigenvalue weighted by Gasteiger charge is -1.98. The van der Waals surface area contributed by atoms with Gasteiger partial charge in [0.05, 0.1) is 5.16 Å². The highest BCUT2D eigenvalue weighted by molar-refractivity contribution is 7.78. The van der Waals surface area contributed by atoms with Crippen LogP contribution in [0, 0.1) is 5.82 Å². The maximum absolute atomic E-state index is 13.6. The van der Waals surface area contributed by atoms with E-state index in [1.54, 1.807) is 18.2 Å². The van der Waals surface area contributed by atoms with E-state index in [2.05, 4.69) is 29.0 Å². The van der Waals surface area contributed by atoms with Crippen molar-refractivity contribution in [2.75, 3.05) is 0 Å². The van der Waals surface area contributed by atoms with E-state index in [1.807, 2.05) is 36.4 Å². The Morgan fingerprint density at radius 1 is 1.00 bits per heavy atom. The number of aliphatic imine (C=N–C) groups is 1. The molecule has 0 aliphatic rings. The molecule has 0 saturated heterocycles. The summed E-state index contributed by atoms with van der Waals surface area (Å²) in [6.07, 6.45) is 5.55. The van der Waals surface area contributed by atoms with Crippen molar-refractivity contribution in [3.63, 3.8) is 0 Å². The molecule has 0 aliphatic carbocycles. The molecule has 98 valence electrons. The van der Waals surface area contributed by atoms with Crippen LogP contribution in [0.15, 0.2) is 54.0 Å². The Bertz CT molecular complexity index is 695. The fraction of sp³-hybridized carbons (Fsp3) is 0. The molecule has 0 unspecified atom stereocenters. The number of nitrogens with zero attached hydrogens (tertiary/aromatic N) is 1. The van der Waals surface area contributed by atoms with Crippen LogP contribution in [0.25, 0.3) is 18.2 Å². The average molecular weight is 281 g/mol. The molecule has 0 atom stereocenters. The number of hydrogen-bond acceptors (Lipinski definition) is 2. The van der Waals surface area contributed by atoms with Crippen LogP contribution >= 0.6 is 12.2 Å². The van der Waals surface area contributed by atoms with E-state index >= 15 is 0 Å². The molecule has 0 radical (unpaired) electrons. The Hall–Kier alpha value is -2.35. The van der Waals surface area contributed by atoms with Gasteiger partial charge in [0.25, 0.3) is 0 Å². The Balaban J connectivity index is 2.20. The van der Waals surface area contributed by atoms with Crippen molar-refractivity contribution in [2.45, 2.75) is 0 Å². The summed E-state index contributed by atoms with van der Waals surface area (Å²) in [4.78, 5) is 3.64. The highest BCUT2D eigenvalue weighted by atomic mass is 32.1. The second kappa shape index (κ2) is 6.71. The van der Waals surface area contributed by atoms with Crippen molar-refractivity contribution >= 4 is 41.3 Å². The first kappa shape index (κ1) is 14.1. The lowest BCUT2D eigenvalue weighted by Crippen LogP contribution is -1.79. The molecule has 2 aromatic carbocycles. The third-order valence-electron chi connectivity index (χ3n) is 2.78. The number of isothiocyanates is 1. The molecule has 20 heavy (non-hydrogen) atoms. The van der Waals surface area contributed by atoms with E-state index in [-0.39, 0.29) is 5.69 Å². The van der Waals surface area contributed by atoms with Crippen molar-refractivity contribution in [3.8, 4) is 0 Å². The number of thiocarbonyl (C=S) groups is 1. The van der Waals surface area contributed by atoms with Crippen molar-refractivity contribution in [1.82, 2.24) is 0 Å². The molecular formula is C17H12FNS. The van der Waals surface area contributed by atoms with Gasteiger partial charge in [0.15, 0.2) is 0 Å². The van der Waals surface area contributed by atoms with Gasteiger partial charge in [0.2, 0.25) is 0 Å². The van der Waals surface area contributed by atoms with Crippen LogP contribution in [-0.2, 0) is 0 Å². The predicted molar refractivity (Wildman–Crippen MR) is 86.5 cm³/mol. The number of hydrogen-bond donors (Lipinski definition) is 0. The van der Waals surface area contributed by atoms with Crippen LogP contribution in [0.4, 0.5) is 10.1 Å². The molecule has 2 aromatic rings. The molecular weight excluding hydrogens is 269 g/mol. The van der Waals surface area contributed by atoms with E-state index in [0.717, 1.165) is 16.7 Å². The van der Waals surface area contributed by atoms with E-state index in [0.29, 0.717) is 0 Å². The highest BCUT2D eigenvalue weighted by Crippen LogP contribution is 2.19. The zero-order chi connectivity index (χ0) is 14.4. The molecule has 0 aromatic heterocycles. The summed E-state index contributed by atoms with van der Waals surface area (Å²) >= 11 is 4.46. The normalized spacial score (nSPS) is 10.2. The summed E-state index contributed by atoms with van der Waals surface area (Å²) in [6.45, 7) is 3.71.